The van der Waals surface area contributed by atoms with Crippen molar-refractivity contribution in [2.75, 3.05) is 42.9 Å². The number of nitrogens with zero attached hydrogens (tertiary/aromatic N) is 2. The summed E-state index contributed by atoms with van der Waals surface area (Å²) in [5, 5.41) is 6.80. The normalized spacial score (nSPS) is 14.6. The van der Waals surface area contributed by atoms with Gasteiger partial charge in [0.15, 0.2) is 5.11 Å². The number of rotatable bonds is 4. The lowest BCUT2D eigenvalue weighted by molar-refractivity contribution is 0.0977. The zero-order chi connectivity index (χ0) is 20.1. The van der Waals surface area contributed by atoms with Gasteiger partial charge in [-0.1, -0.05) is 24.6 Å². The topological polar surface area (TPSA) is 47.6 Å². The Balaban J connectivity index is 1.70. The van der Waals surface area contributed by atoms with Crippen LogP contribution >= 0.6 is 46.4 Å². The molecule has 1 fully saturated rings. The van der Waals surface area contributed by atoms with Crippen LogP contribution < -0.4 is 15.5 Å². The molecule has 0 saturated carbocycles. The maximum absolute atomic E-state index is 12.4. The Kier molecular flexibility index (Phi) is 7.50. The third-order valence-corrected chi connectivity index (χ3v) is 5.93. The fraction of sp³-hybridized carbons (Fsp3) is 0.300. The Bertz CT molecular complexity index is 854. The quantitative estimate of drug-likeness (QED) is 0.460. The maximum Gasteiger partial charge on any atom is 0.257 e. The molecular weight excluding hydrogens is 507 g/mol. The molecule has 0 radical (unpaired) electrons. The monoisotopic (exact) mass is 528 g/mol. The first-order valence-electron chi connectivity index (χ1n) is 9.11. The van der Waals surface area contributed by atoms with Crippen LogP contribution in [0.2, 0.25) is 5.02 Å². The number of anilines is 2. The molecule has 0 aromatic heterocycles. The van der Waals surface area contributed by atoms with Crippen LogP contribution in [0, 0.1) is 3.57 Å². The average molecular weight is 529 g/mol. The third-order valence-electron chi connectivity index (χ3n) is 4.70. The van der Waals surface area contributed by atoms with E-state index in [9.17, 15) is 4.79 Å². The second-order valence-electron chi connectivity index (χ2n) is 6.47. The van der Waals surface area contributed by atoms with Gasteiger partial charge in [0.1, 0.15) is 0 Å². The van der Waals surface area contributed by atoms with Gasteiger partial charge in [0.25, 0.3) is 5.91 Å². The van der Waals surface area contributed by atoms with Crippen LogP contribution in [0.4, 0.5) is 11.4 Å². The molecule has 0 aliphatic carbocycles. The number of carbonyl (C=O) groups excluding carboxylic acids is 1. The number of para-hydroxylation sites is 1. The fourth-order valence-corrected chi connectivity index (χ4v) is 4.01. The van der Waals surface area contributed by atoms with E-state index in [1.165, 1.54) is 0 Å². The Morgan fingerprint density at radius 1 is 1.14 bits per heavy atom. The Morgan fingerprint density at radius 2 is 1.82 bits per heavy atom. The average Bonchev–Trinajstić information content (AvgIpc) is 2.68. The molecule has 0 spiro atoms. The highest BCUT2D eigenvalue weighted by Crippen LogP contribution is 2.34. The molecule has 2 aromatic rings. The predicted octanol–water partition coefficient (Wildman–Crippen LogP) is 4.21. The summed E-state index contributed by atoms with van der Waals surface area (Å²) >= 11 is 14.1. The van der Waals surface area contributed by atoms with E-state index >= 15 is 0 Å². The number of hydrogen-bond donors (Lipinski definition) is 2. The molecule has 1 heterocycles. The van der Waals surface area contributed by atoms with Gasteiger partial charge >= 0.3 is 0 Å². The van der Waals surface area contributed by atoms with Crippen molar-refractivity contribution in [3.63, 3.8) is 0 Å². The Morgan fingerprint density at radius 3 is 2.46 bits per heavy atom. The smallest absolute Gasteiger partial charge is 0.257 e. The van der Waals surface area contributed by atoms with Crippen molar-refractivity contribution >= 4 is 68.8 Å². The van der Waals surface area contributed by atoms with Gasteiger partial charge in [-0.2, -0.15) is 0 Å². The lowest BCUT2D eigenvalue weighted by Crippen LogP contribution is -2.46. The van der Waals surface area contributed by atoms with E-state index in [-0.39, 0.29) is 11.0 Å². The van der Waals surface area contributed by atoms with Crippen LogP contribution in [-0.2, 0) is 0 Å². The minimum Gasteiger partial charge on any atom is -0.366 e. The number of benzene rings is 2. The molecule has 5 nitrogen and oxygen atoms in total. The minimum absolute atomic E-state index is 0.242. The number of carbonyl (C=O) groups is 1. The lowest BCUT2D eigenvalue weighted by Gasteiger charge is -2.37. The number of piperazine rings is 1. The van der Waals surface area contributed by atoms with Crippen LogP contribution in [0.5, 0.6) is 0 Å². The molecule has 148 valence electrons. The second-order valence-corrected chi connectivity index (χ2v) is 8.53. The molecule has 1 amide bonds. The van der Waals surface area contributed by atoms with Crippen LogP contribution in [-0.4, -0.2) is 48.6 Å². The highest BCUT2D eigenvalue weighted by Gasteiger charge is 2.21. The number of likely N-dealkylation sites (N-methyl/N-ethyl adjacent to an activating group) is 1. The number of hydrogen-bond acceptors (Lipinski definition) is 4. The van der Waals surface area contributed by atoms with E-state index < -0.39 is 0 Å². The van der Waals surface area contributed by atoms with Crippen molar-refractivity contribution < 1.29 is 4.79 Å². The van der Waals surface area contributed by atoms with Crippen molar-refractivity contribution in [3.05, 3.63) is 56.6 Å². The Hall–Kier alpha value is -1.42. The van der Waals surface area contributed by atoms with Crippen molar-refractivity contribution in [3.8, 4) is 0 Å². The van der Waals surface area contributed by atoms with Gasteiger partial charge in [-0.25, -0.2) is 0 Å². The molecule has 0 unspecified atom stereocenters. The highest BCUT2D eigenvalue weighted by molar-refractivity contribution is 14.1. The summed E-state index contributed by atoms with van der Waals surface area (Å²) in [4.78, 5) is 17.1. The van der Waals surface area contributed by atoms with Crippen molar-refractivity contribution in [1.29, 1.82) is 0 Å². The van der Waals surface area contributed by atoms with Crippen LogP contribution in [0.25, 0.3) is 0 Å². The van der Waals surface area contributed by atoms with Gasteiger partial charge in [0.2, 0.25) is 0 Å². The first-order valence-corrected chi connectivity index (χ1v) is 11.0. The van der Waals surface area contributed by atoms with E-state index in [0.29, 0.717) is 10.6 Å². The van der Waals surface area contributed by atoms with Crippen molar-refractivity contribution in [2.45, 2.75) is 6.92 Å². The molecule has 1 saturated heterocycles. The molecule has 2 aromatic carbocycles. The summed E-state index contributed by atoms with van der Waals surface area (Å²) < 4.78 is 1.07. The van der Waals surface area contributed by atoms with Crippen LogP contribution in [0.1, 0.15) is 17.3 Å². The summed E-state index contributed by atoms with van der Waals surface area (Å²) in [6.07, 6.45) is 0. The molecule has 1 aliphatic heterocycles. The molecular formula is C20H22ClIN4OS. The van der Waals surface area contributed by atoms with Crippen molar-refractivity contribution in [2.24, 2.45) is 0 Å². The van der Waals surface area contributed by atoms with E-state index in [4.69, 9.17) is 23.8 Å². The zero-order valence-corrected chi connectivity index (χ0v) is 19.3. The summed E-state index contributed by atoms with van der Waals surface area (Å²) in [7, 11) is 0. The first kappa shape index (κ1) is 21.3. The third kappa shape index (κ3) is 5.34. The Labute approximate surface area is 189 Å². The van der Waals surface area contributed by atoms with Gasteiger partial charge in [-0.05, 0) is 77.8 Å². The van der Waals surface area contributed by atoms with E-state index in [2.05, 4.69) is 49.9 Å². The number of thiocarbonyl (C=S) groups is 1. The highest BCUT2D eigenvalue weighted by atomic mass is 127. The SMILES string of the molecule is CCN1CCN(c2c(Cl)cccc2NC(=S)NC(=O)c2ccc(I)cc2)CC1. The molecule has 2 N–H and O–H groups in total. The van der Waals surface area contributed by atoms with Crippen molar-refractivity contribution in [1.82, 2.24) is 10.2 Å². The summed E-state index contributed by atoms with van der Waals surface area (Å²) in [6, 6.07) is 13.0. The fourth-order valence-electron chi connectivity index (χ4n) is 3.16. The van der Waals surface area contributed by atoms with Gasteiger partial charge < -0.3 is 15.1 Å². The molecule has 28 heavy (non-hydrogen) atoms. The van der Waals surface area contributed by atoms with E-state index in [0.717, 1.165) is 47.7 Å². The predicted molar refractivity (Wildman–Crippen MR) is 129 cm³/mol. The summed E-state index contributed by atoms with van der Waals surface area (Å²) in [6.45, 7) is 7.01. The van der Waals surface area contributed by atoms with E-state index in [1.807, 2.05) is 30.3 Å². The van der Waals surface area contributed by atoms with Gasteiger partial charge in [-0.15, -0.1) is 0 Å². The number of nitrogens with one attached hydrogen (secondary N) is 2. The molecule has 1 aliphatic rings. The summed E-state index contributed by atoms with van der Waals surface area (Å²) in [5.41, 5.74) is 2.28. The molecule has 0 bridgehead atoms. The standard InChI is InChI=1S/C20H22ClIN4OS/c1-2-25-10-12-26(13-11-25)18-16(21)4-3-5-17(18)23-20(28)24-19(27)14-6-8-15(22)9-7-14/h3-9H,2,10-13H2,1H3,(H2,23,24,27,28). The van der Waals surface area contributed by atoms with Gasteiger partial charge in [-0.3, -0.25) is 10.1 Å². The second kappa shape index (κ2) is 9.87. The van der Waals surface area contributed by atoms with Gasteiger partial charge in [0.05, 0.1) is 16.4 Å². The molecule has 8 heteroatoms. The van der Waals surface area contributed by atoms with E-state index in [1.54, 1.807) is 12.1 Å². The van der Waals surface area contributed by atoms with Crippen LogP contribution in [0.3, 0.4) is 0 Å². The zero-order valence-electron chi connectivity index (χ0n) is 15.5. The largest absolute Gasteiger partial charge is 0.366 e. The maximum atomic E-state index is 12.4. The minimum atomic E-state index is -0.242. The molecule has 3 rings (SSSR count). The summed E-state index contributed by atoms with van der Waals surface area (Å²) in [5.74, 6) is -0.242. The number of halogens is 2. The number of amides is 1. The first-order chi connectivity index (χ1) is 13.5. The lowest BCUT2D eigenvalue weighted by atomic mass is 10.2. The van der Waals surface area contributed by atoms with Crippen LogP contribution in [0.15, 0.2) is 42.5 Å². The molecule has 0 atom stereocenters. The van der Waals surface area contributed by atoms with Gasteiger partial charge in [0, 0.05) is 35.3 Å².